The normalized spacial score (nSPS) is 12.0. The lowest BCUT2D eigenvalue weighted by Crippen LogP contribution is -2.27. The van der Waals surface area contributed by atoms with Crippen molar-refractivity contribution in [1.82, 2.24) is 4.31 Å². The third kappa shape index (κ3) is 3.45. The van der Waals surface area contributed by atoms with Crippen molar-refractivity contribution in [2.24, 2.45) is 0 Å². The van der Waals surface area contributed by atoms with Gasteiger partial charge in [0, 0.05) is 24.8 Å². The van der Waals surface area contributed by atoms with E-state index in [9.17, 15) is 12.8 Å². The average molecular weight is 393 g/mol. The van der Waals surface area contributed by atoms with E-state index in [1.807, 2.05) is 11.4 Å². The molecule has 0 atom stereocenters. The molecule has 1 aromatic heterocycles. The zero-order valence-corrected chi connectivity index (χ0v) is 14.6. The second-order valence-electron chi connectivity index (χ2n) is 4.65. The first kappa shape index (κ1) is 16.4. The molecule has 0 aliphatic carbocycles. The number of hydrogen-bond donors (Lipinski definition) is 1. The Labute approximate surface area is 135 Å². The van der Waals surface area contributed by atoms with Gasteiger partial charge < -0.3 is 5.73 Å². The summed E-state index contributed by atoms with van der Waals surface area (Å²) in [4.78, 5) is -0.100. The molecule has 1 aromatic carbocycles. The Hall–Kier alpha value is -0.960. The Bertz CT molecular complexity index is 774. The van der Waals surface area contributed by atoms with Crippen LogP contribution in [0.4, 0.5) is 10.1 Å². The van der Waals surface area contributed by atoms with Crippen LogP contribution in [0.2, 0.25) is 0 Å². The fourth-order valence-electron chi connectivity index (χ4n) is 1.88. The maximum Gasteiger partial charge on any atom is 0.243 e. The molecule has 114 valence electrons. The van der Waals surface area contributed by atoms with E-state index in [0.717, 1.165) is 15.4 Å². The topological polar surface area (TPSA) is 63.4 Å². The molecule has 4 nitrogen and oxygen atoms in total. The Morgan fingerprint density at radius 1 is 1.38 bits per heavy atom. The van der Waals surface area contributed by atoms with Crippen LogP contribution in [-0.4, -0.2) is 19.8 Å². The van der Waals surface area contributed by atoms with Crippen LogP contribution in [0.3, 0.4) is 0 Å². The van der Waals surface area contributed by atoms with E-state index >= 15 is 0 Å². The molecule has 0 aliphatic rings. The zero-order valence-electron chi connectivity index (χ0n) is 11.4. The van der Waals surface area contributed by atoms with E-state index in [2.05, 4.69) is 15.9 Å². The van der Waals surface area contributed by atoms with Crippen molar-refractivity contribution >= 4 is 43.0 Å². The number of nitrogens with two attached hydrogens (primary N) is 1. The summed E-state index contributed by atoms with van der Waals surface area (Å²) in [5, 5.41) is 1.86. The molecule has 2 N–H and O–H groups in total. The highest BCUT2D eigenvalue weighted by Crippen LogP contribution is 2.27. The molecule has 2 aromatic rings. The molecule has 0 saturated heterocycles. The fourth-order valence-corrected chi connectivity index (χ4v) is 4.50. The van der Waals surface area contributed by atoms with E-state index in [-0.39, 0.29) is 22.7 Å². The number of thiophene rings is 1. The minimum absolute atomic E-state index is 0.0718. The summed E-state index contributed by atoms with van der Waals surface area (Å²) in [6, 6.07) is 4.25. The molecular weight excluding hydrogens is 379 g/mol. The number of sulfonamides is 1. The van der Waals surface area contributed by atoms with Gasteiger partial charge in [-0.05, 0) is 52.0 Å². The third-order valence-electron chi connectivity index (χ3n) is 3.03. The van der Waals surface area contributed by atoms with Gasteiger partial charge in [-0.15, -0.1) is 11.3 Å². The SMILES string of the molecule is Cc1c(F)cc(N)cc1S(=O)(=O)N(C)Cc1csc(Br)c1. The Morgan fingerprint density at radius 3 is 2.62 bits per heavy atom. The van der Waals surface area contributed by atoms with E-state index < -0.39 is 15.8 Å². The molecule has 0 spiro atoms. The van der Waals surface area contributed by atoms with E-state index in [1.54, 1.807) is 0 Å². The summed E-state index contributed by atoms with van der Waals surface area (Å²) < 4.78 is 40.9. The van der Waals surface area contributed by atoms with Crippen LogP contribution < -0.4 is 5.73 Å². The highest BCUT2D eigenvalue weighted by molar-refractivity contribution is 9.11. The van der Waals surface area contributed by atoms with Crippen molar-refractivity contribution in [2.45, 2.75) is 18.4 Å². The molecule has 0 amide bonds. The molecule has 0 fully saturated rings. The average Bonchev–Trinajstić information content (AvgIpc) is 2.79. The summed E-state index contributed by atoms with van der Waals surface area (Å²) >= 11 is 4.81. The largest absolute Gasteiger partial charge is 0.399 e. The lowest BCUT2D eigenvalue weighted by Gasteiger charge is -2.18. The van der Waals surface area contributed by atoms with Crippen LogP contribution in [-0.2, 0) is 16.6 Å². The summed E-state index contributed by atoms with van der Waals surface area (Å²) in [5.41, 5.74) is 6.57. The molecular formula is C13H14BrFN2O2S2. The Balaban J connectivity index is 2.37. The van der Waals surface area contributed by atoms with Crippen LogP contribution >= 0.6 is 27.3 Å². The number of benzene rings is 1. The van der Waals surface area contributed by atoms with Crippen LogP contribution in [0.5, 0.6) is 0 Å². The maximum absolute atomic E-state index is 13.7. The third-order valence-corrected chi connectivity index (χ3v) is 6.52. The lowest BCUT2D eigenvalue weighted by molar-refractivity contribution is 0.465. The first-order valence-corrected chi connectivity index (χ1v) is 9.08. The van der Waals surface area contributed by atoms with Gasteiger partial charge >= 0.3 is 0 Å². The molecule has 2 rings (SSSR count). The molecule has 21 heavy (non-hydrogen) atoms. The van der Waals surface area contributed by atoms with Gasteiger partial charge in [0.1, 0.15) is 5.82 Å². The van der Waals surface area contributed by atoms with Gasteiger partial charge in [0.25, 0.3) is 0 Å². The van der Waals surface area contributed by atoms with Crippen LogP contribution in [0.15, 0.2) is 32.3 Å². The molecule has 0 unspecified atom stereocenters. The maximum atomic E-state index is 13.7. The molecule has 0 saturated carbocycles. The summed E-state index contributed by atoms with van der Waals surface area (Å²) in [6.45, 7) is 1.64. The van der Waals surface area contributed by atoms with Crippen molar-refractivity contribution in [3.05, 3.63) is 44.3 Å². The van der Waals surface area contributed by atoms with Gasteiger partial charge in [-0.2, -0.15) is 4.31 Å². The van der Waals surface area contributed by atoms with Gasteiger partial charge in [-0.1, -0.05) is 0 Å². The molecule has 8 heteroatoms. The number of halogens is 2. The number of nitrogen functional groups attached to an aromatic ring is 1. The number of anilines is 1. The quantitative estimate of drug-likeness (QED) is 0.811. The van der Waals surface area contributed by atoms with Crippen molar-refractivity contribution in [2.75, 3.05) is 12.8 Å². The highest BCUT2D eigenvalue weighted by Gasteiger charge is 2.25. The summed E-state index contributed by atoms with van der Waals surface area (Å²) in [7, 11) is -2.34. The summed E-state index contributed by atoms with van der Waals surface area (Å²) in [6.07, 6.45) is 0. The van der Waals surface area contributed by atoms with Crippen LogP contribution in [0, 0.1) is 12.7 Å². The molecule has 0 bridgehead atoms. The first-order valence-electron chi connectivity index (χ1n) is 5.96. The first-order chi connectivity index (χ1) is 9.71. The van der Waals surface area contributed by atoms with Crippen LogP contribution in [0.25, 0.3) is 0 Å². The second kappa shape index (κ2) is 6.04. The van der Waals surface area contributed by atoms with Crippen molar-refractivity contribution in [3.8, 4) is 0 Å². The Morgan fingerprint density at radius 2 is 2.05 bits per heavy atom. The summed E-state index contributed by atoms with van der Waals surface area (Å²) in [5.74, 6) is -0.625. The van der Waals surface area contributed by atoms with E-state index in [1.165, 1.54) is 35.7 Å². The lowest BCUT2D eigenvalue weighted by atomic mass is 10.2. The van der Waals surface area contributed by atoms with Crippen molar-refractivity contribution in [1.29, 1.82) is 0 Å². The molecule has 0 radical (unpaired) electrons. The monoisotopic (exact) mass is 392 g/mol. The van der Waals surface area contributed by atoms with Crippen molar-refractivity contribution < 1.29 is 12.8 Å². The van der Waals surface area contributed by atoms with Gasteiger partial charge in [0.2, 0.25) is 10.0 Å². The zero-order chi connectivity index (χ0) is 15.8. The van der Waals surface area contributed by atoms with Crippen molar-refractivity contribution in [3.63, 3.8) is 0 Å². The van der Waals surface area contributed by atoms with Crippen LogP contribution in [0.1, 0.15) is 11.1 Å². The second-order valence-corrected chi connectivity index (χ2v) is 8.95. The van der Waals surface area contributed by atoms with Gasteiger partial charge in [0.05, 0.1) is 8.68 Å². The number of hydrogen-bond acceptors (Lipinski definition) is 4. The highest BCUT2D eigenvalue weighted by atomic mass is 79.9. The van der Waals surface area contributed by atoms with Gasteiger partial charge in [0.15, 0.2) is 0 Å². The number of nitrogens with zero attached hydrogens (tertiary/aromatic N) is 1. The smallest absolute Gasteiger partial charge is 0.243 e. The molecule has 0 aliphatic heterocycles. The standard InChI is InChI=1S/C13H14BrFN2O2S2/c1-8-11(15)4-10(16)5-12(8)21(18,19)17(2)6-9-3-13(14)20-7-9/h3-5,7H,6,16H2,1-2H3. The number of rotatable bonds is 4. The van der Waals surface area contributed by atoms with E-state index in [0.29, 0.717) is 0 Å². The minimum atomic E-state index is -3.80. The van der Waals surface area contributed by atoms with Gasteiger partial charge in [-0.25, -0.2) is 12.8 Å². The minimum Gasteiger partial charge on any atom is -0.399 e. The predicted octanol–water partition coefficient (Wildman–Crippen LogP) is 3.36. The van der Waals surface area contributed by atoms with E-state index in [4.69, 9.17) is 5.73 Å². The molecule has 1 heterocycles. The van der Waals surface area contributed by atoms with Gasteiger partial charge in [-0.3, -0.25) is 0 Å². The fraction of sp³-hybridized carbons (Fsp3) is 0.231. The Kier molecular flexibility index (Phi) is 4.72. The predicted molar refractivity (Wildman–Crippen MR) is 86.2 cm³/mol.